The quantitative estimate of drug-likeness (QED) is 0.430. The molecule has 7 heteroatoms. The Bertz CT molecular complexity index is 615. The number of nitrogens with zero attached hydrogens (tertiary/aromatic N) is 2. The number of thioether (sulfide) groups is 1. The van der Waals surface area contributed by atoms with E-state index in [2.05, 4.69) is 15.3 Å². The molecule has 0 aliphatic rings. The second kappa shape index (κ2) is 5.42. The lowest BCUT2D eigenvalue weighted by atomic mass is 10.3. The van der Waals surface area contributed by atoms with Gasteiger partial charge < -0.3 is 16.0 Å². The van der Waals surface area contributed by atoms with E-state index in [4.69, 9.17) is 11.0 Å². The number of rotatable bonds is 4. The van der Waals surface area contributed by atoms with Gasteiger partial charge in [-0.2, -0.15) is 5.26 Å². The number of nitrogens with one attached hydrogen (secondary N) is 2. The number of H-pyrrole nitrogens is 1. The highest BCUT2D eigenvalue weighted by Gasteiger charge is 2.06. The number of fused-ring (bicyclic) bond motifs is 1. The molecule has 0 atom stereocenters. The highest BCUT2D eigenvalue weighted by Crippen LogP contribution is 2.20. The van der Waals surface area contributed by atoms with Crippen LogP contribution in [0.25, 0.3) is 11.0 Å². The van der Waals surface area contributed by atoms with Gasteiger partial charge in [0.05, 0.1) is 22.9 Å². The van der Waals surface area contributed by atoms with Gasteiger partial charge in [-0.15, -0.1) is 0 Å². The molecule has 0 bridgehead atoms. The van der Waals surface area contributed by atoms with E-state index in [0.29, 0.717) is 10.8 Å². The number of imidazole rings is 1. The van der Waals surface area contributed by atoms with Crippen LogP contribution in [0.15, 0.2) is 23.4 Å². The van der Waals surface area contributed by atoms with E-state index < -0.39 is 0 Å². The molecular formula is C11H11N5OS. The Hall–Kier alpha value is -2.20. The first kappa shape index (κ1) is 12.3. The highest BCUT2D eigenvalue weighted by molar-refractivity contribution is 7.99. The lowest BCUT2D eigenvalue weighted by Gasteiger charge is -1.97. The van der Waals surface area contributed by atoms with Crippen molar-refractivity contribution >= 4 is 34.4 Å². The lowest BCUT2D eigenvalue weighted by molar-refractivity contribution is -0.118. The van der Waals surface area contributed by atoms with Crippen molar-refractivity contribution in [1.82, 2.24) is 15.3 Å². The molecule has 1 aromatic heterocycles. The van der Waals surface area contributed by atoms with E-state index in [0.717, 1.165) is 11.0 Å². The molecular weight excluding hydrogens is 250 g/mol. The largest absolute Gasteiger partial charge is 0.399 e. The Morgan fingerprint density at radius 1 is 1.61 bits per heavy atom. The van der Waals surface area contributed by atoms with Crippen molar-refractivity contribution in [2.75, 3.05) is 18.0 Å². The van der Waals surface area contributed by atoms with Crippen LogP contribution in [0.3, 0.4) is 0 Å². The van der Waals surface area contributed by atoms with E-state index in [9.17, 15) is 4.79 Å². The number of carbonyl (C=O) groups is 1. The topological polar surface area (TPSA) is 108 Å². The molecule has 2 rings (SSSR count). The summed E-state index contributed by atoms with van der Waals surface area (Å²) < 4.78 is 0. The molecule has 6 nitrogen and oxygen atoms in total. The normalized spacial score (nSPS) is 10.2. The van der Waals surface area contributed by atoms with Gasteiger partial charge in [0, 0.05) is 5.69 Å². The molecule has 0 aliphatic carbocycles. The zero-order valence-corrected chi connectivity index (χ0v) is 10.3. The third-order valence-electron chi connectivity index (χ3n) is 2.19. The fraction of sp³-hybridized carbons (Fsp3) is 0.182. The number of nitrogens with two attached hydrogens (primary N) is 1. The summed E-state index contributed by atoms with van der Waals surface area (Å²) in [6.45, 7) is 0.0239. The number of benzene rings is 1. The number of amides is 1. The van der Waals surface area contributed by atoms with Gasteiger partial charge in [0.1, 0.15) is 6.54 Å². The number of carbonyl (C=O) groups excluding carboxylic acids is 1. The van der Waals surface area contributed by atoms with Gasteiger partial charge in [-0.25, -0.2) is 4.98 Å². The maximum atomic E-state index is 11.3. The molecule has 1 aromatic carbocycles. The smallest absolute Gasteiger partial charge is 0.231 e. The Kier molecular flexibility index (Phi) is 3.69. The number of hydrogen-bond acceptors (Lipinski definition) is 5. The standard InChI is InChI=1S/C11H11N5OS/c12-3-4-14-10(17)6-18-11-15-8-2-1-7(13)5-9(8)16-11/h1-2,5H,4,6,13H2,(H,14,17)(H,15,16). The maximum absolute atomic E-state index is 11.3. The van der Waals surface area contributed by atoms with Crippen LogP contribution in [0.4, 0.5) is 5.69 Å². The van der Waals surface area contributed by atoms with Crippen molar-refractivity contribution in [3.05, 3.63) is 18.2 Å². The van der Waals surface area contributed by atoms with Gasteiger partial charge in [0.25, 0.3) is 0 Å². The molecule has 0 saturated heterocycles. The molecule has 92 valence electrons. The van der Waals surface area contributed by atoms with Gasteiger partial charge in [-0.3, -0.25) is 4.79 Å². The van der Waals surface area contributed by atoms with Crippen LogP contribution in [0.1, 0.15) is 0 Å². The van der Waals surface area contributed by atoms with Crippen molar-refractivity contribution in [3.8, 4) is 6.07 Å². The summed E-state index contributed by atoms with van der Waals surface area (Å²) in [5.41, 5.74) is 7.97. The molecule has 0 aliphatic heterocycles. The molecule has 1 amide bonds. The summed E-state index contributed by atoms with van der Waals surface area (Å²) in [5, 5.41) is 11.4. The highest BCUT2D eigenvalue weighted by atomic mass is 32.2. The number of aromatic nitrogens is 2. The van der Waals surface area contributed by atoms with Crippen molar-refractivity contribution in [2.45, 2.75) is 5.16 Å². The van der Waals surface area contributed by atoms with Crippen LogP contribution >= 0.6 is 11.8 Å². The first-order valence-corrected chi connectivity index (χ1v) is 6.19. The third-order valence-corrected chi connectivity index (χ3v) is 3.06. The average molecular weight is 261 g/mol. The molecule has 0 radical (unpaired) electrons. The first-order valence-electron chi connectivity index (χ1n) is 5.21. The molecule has 0 fully saturated rings. The summed E-state index contributed by atoms with van der Waals surface area (Å²) in [4.78, 5) is 18.7. The van der Waals surface area contributed by atoms with E-state index in [1.165, 1.54) is 11.8 Å². The maximum Gasteiger partial charge on any atom is 0.231 e. The van der Waals surface area contributed by atoms with E-state index in [-0.39, 0.29) is 18.2 Å². The van der Waals surface area contributed by atoms with Gasteiger partial charge in [0.2, 0.25) is 5.91 Å². The number of aromatic amines is 1. The fourth-order valence-corrected chi connectivity index (χ4v) is 2.11. The van der Waals surface area contributed by atoms with Gasteiger partial charge >= 0.3 is 0 Å². The Balaban J connectivity index is 2.00. The van der Waals surface area contributed by atoms with Crippen LogP contribution in [0, 0.1) is 11.3 Å². The van der Waals surface area contributed by atoms with Crippen LogP contribution in [-0.2, 0) is 4.79 Å². The number of hydrogen-bond donors (Lipinski definition) is 3. The second-order valence-corrected chi connectivity index (χ2v) is 4.51. The Morgan fingerprint density at radius 2 is 2.44 bits per heavy atom. The average Bonchev–Trinajstić information content (AvgIpc) is 2.75. The predicted octanol–water partition coefficient (Wildman–Crippen LogP) is 0.877. The summed E-state index contributed by atoms with van der Waals surface area (Å²) in [6.07, 6.45) is 0. The monoisotopic (exact) mass is 261 g/mol. The molecule has 0 saturated carbocycles. The second-order valence-electron chi connectivity index (χ2n) is 3.54. The zero-order chi connectivity index (χ0) is 13.0. The Labute approximate surface area is 108 Å². The van der Waals surface area contributed by atoms with Crippen molar-refractivity contribution < 1.29 is 4.79 Å². The number of nitriles is 1. The summed E-state index contributed by atoms with van der Waals surface area (Å²) >= 11 is 1.28. The van der Waals surface area contributed by atoms with Gasteiger partial charge in [0.15, 0.2) is 5.16 Å². The van der Waals surface area contributed by atoms with Crippen LogP contribution in [0.2, 0.25) is 0 Å². The van der Waals surface area contributed by atoms with Crippen LogP contribution < -0.4 is 11.1 Å². The molecule has 0 unspecified atom stereocenters. The number of anilines is 1. The molecule has 1 heterocycles. The molecule has 0 spiro atoms. The van der Waals surface area contributed by atoms with Crippen LogP contribution in [0.5, 0.6) is 0 Å². The predicted molar refractivity (Wildman–Crippen MR) is 69.9 cm³/mol. The van der Waals surface area contributed by atoms with Crippen molar-refractivity contribution in [2.24, 2.45) is 0 Å². The Morgan fingerprint density at radius 3 is 3.22 bits per heavy atom. The number of nitrogen functional groups attached to an aromatic ring is 1. The SMILES string of the molecule is N#CCNC(=O)CSc1nc2ccc(N)cc2[nH]1. The van der Waals surface area contributed by atoms with Gasteiger partial charge in [-0.05, 0) is 18.2 Å². The summed E-state index contributed by atoms with van der Waals surface area (Å²) in [7, 11) is 0. The van der Waals surface area contributed by atoms with E-state index >= 15 is 0 Å². The van der Waals surface area contributed by atoms with Crippen LogP contribution in [-0.4, -0.2) is 28.2 Å². The van der Waals surface area contributed by atoms with Crippen molar-refractivity contribution in [1.29, 1.82) is 5.26 Å². The molecule has 18 heavy (non-hydrogen) atoms. The third kappa shape index (κ3) is 2.93. The fourth-order valence-electron chi connectivity index (χ4n) is 1.40. The molecule has 4 N–H and O–H groups in total. The minimum absolute atomic E-state index is 0.0239. The first-order chi connectivity index (χ1) is 8.69. The van der Waals surface area contributed by atoms with E-state index in [1.807, 2.05) is 12.1 Å². The molecule has 2 aromatic rings. The lowest BCUT2D eigenvalue weighted by Crippen LogP contribution is -2.25. The summed E-state index contributed by atoms with van der Waals surface area (Å²) in [5.74, 6) is 0.0262. The minimum Gasteiger partial charge on any atom is -0.399 e. The summed E-state index contributed by atoms with van der Waals surface area (Å²) in [6, 6.07) is 7.24. The minimum atomic E-state index is -0.193. The zero-order valence-electron chi connectivity index (χ0n) is 9.43. The van der Waals surface area contributed by atoms with E-state index in [1.54, 1.807) is 12.1 Å². The van der Waals surface area contributed by atoms with Crippen molar-refractivity contribution in [3.63, 3.8) is 0 Å². The van der Waals surface area contributed by atoms with Gasteiger partial charge in [-0.1, -0.05) is 11.8 Å².